The number of imide groups is 1. The first-order valence-electron chi connectivity index (χ1n) is 10.8. The van der Waals surface area contributed by atoms with Gasteiger partial charge in [0.1, 0.15) is 11.7 Å². The first-order valence-corrected chi connectivity index (χ1v) is 11.8. The minimum absolute atomic E-state index is 0.0807. The highest BCUT2D eigenvalue weighted by atomic mass is 32.2. The summed E-state index contributed by atoms with van der Waals surface area (Å²) in [6.45, 7) is 4.41. The minimum Gasteiger partial charge on any atom is -0.497 e. The molecule has 0 fully saturated rings. The number of carbonyl (C=O) groups excluding carboxylic acids is 3. The summed E-state index contributed by atoms with van der Waals surface area (Å²) in [7, 11) is 1.57. The second-order valence-corrected chi connectivity index (χ2v) is 8.73. The molecule has 0 bridgehead atoms. The van der Waals surface area contributed by atoms with E-state index in [2.05, 4.69) is 4.99 Å². The molecule has 0 radical (unpaired) electrons. The zero-order valence-electron chi connectivity index (χ0n) is 19.7. The van der Waals surface area contributed by atoms with Crippen LogP contribution in [-0.4, -0.2) is 47.2 Å². The summed E-state index contributed by atoms with van der Waals surface area (Å²) in [5.41, 5.74) is 1.21. The fourth-order valence-corrected chi connectivity index (χ4v) is 4.87. The van der Waals surface area contributed by atoms with E-state index in [1.165, 1.54) is 37.7 Å². The normalized spacial score (nSPS) is 17.5. The van der Waals surface area contributed by atoms with Gasteiger partial charge in [-0.3, -0.25) is 24.6 Å². The van der Waals surface area contributed by atoms with Crippen molar-refractivity contribution in [1.29, 1.82) is 0 Å². The van der Waals surface area contributed by atoms with E-state index in [1.807, 2.05) is 24.3 Å². The Hall–Kier alpha value is -3.73. The SMILES string of the molecule is CCOC(=O)C1C(C)=NC(=O)N(C(C)=O)C1c1cc([N+](=O)[O-])ccc1SCc1ccc(OC)cc1. The predicted octanol–water partition coefficient (Wildman–Crippen LogP) is 4.56. The van der Waals surface area contributed by atoms with Crippen LogP contribution in [0.25, 0.3) is 0 Å². The summed E-state index contributed by atoms with van der Waals surface area (Å²) >= 11 is 1.37. The highest BCUT2D eigenvalue weighted by molar-refractivity contribution is 7.98. The smallest absolute Gasteiger partial charge is 0.350 e. The summed E-state index contributed by atoms with van der Waals surface area (Å²) < 4.78 is 10.4. The molecule has 0 aromatic heterocycles. The van der Waals surface area contributed by atoms with Gasteiger partial charge in [-0.1, -0.05) is 12.1 Å². The van der Waals surface area contributed by atoms with Crippen LogP contribution in [0.1, 0.15) is 37.9 Å². The highest BCUT2D eigenvalue weighted by Crippen LogP contribution is 2.42. The molecule has 2 unspecified atom stereocenters. The Morgan fingerprint density at radius 1 is 1.20 bits per heavy atom. The molecule has 2 atom stereocenters. The fourth-order valence-electron chi connectivity index (χ4n) is 3.85. The number of nitro benzene ring substituents is 1. The topological polar surface area (TPSA) is 128 Å². The lowest BCUT2D eigenvalue weighted by Crippen LogP contribution is -2.49. The number of amides is 3. The summed E-state index contributed by atoms with van der Waals surface area (Å²) in [5.74, 6) is -1.20. The number of carbonyl (C=O) groups is 3. The monoisotopic (exact) mass is 499 g/mol. The van der Waals surface area contributed by atoms with Crippen LogP contribution in [0.3, 0.4) is 0 Å². The molecule has 0 saturated heterocycles. The molecular formula is C24H25N3O7S. The average Bonchev–Trinajstić information content (AvgIpc) is 2.82. The van der Waals surface area contributed by atoms with Crippen LogP contribution in [0.4, 0.5) is 10.5 Å². The molecule has 35 heavy (non-hydrogen) atoms. The van der Waals surface area contributed by atoms with Gasteiger partial charge >= 0.3 is 12.0 Å². The van der Waals surface area contributed by atoms with E-state index in [0.29, 0.717) is 22.0 Å². The maximum Gasteiger partial charge on any atom is 0.350 e. The number of thioether (sulfide) groups is 1. The lowest BCUT2D eigenvalue weighted by Gasteiger charge is -2.37. The minimum atomic E-state index is -1.14. The molecule has 1 heterocycles. The fraction of sp³-hybridized carbons (Fsp3) is 0.333. The lowest BCUT2D eigenvalue weighted by atomic mass is 9.86. The van der Waals surface area contributed by atoms with Crippen LogP contribution in [0, 0.1) is 16.0 Å². The molecular weight excluding hydrogens is 474 g/mol. The second-order valence-electron chi connectivity index (χ2n) is 7.72. The number of hydrogen-bond donors (Lipinski definition) is 0. The van der Waals surface area contributed by atoms with Gasteiger partial charge < -0.3 is 9.47 Å². The van der Waals surface area contributed by atoms with Crippen molar-refractivity contribution in [3.8, 4) is 5.75 Å². The third-order valence-electron chi connectivity index (χ3n) is 5.48. The average molecular weight is 500 g/mol. The predicted molar refractivity (Wildman–Crippen MR) is 130 cm³/mol. The Morgan fingerprint density at radius 3 is 2.46 bits per heavy atom. The number of ether oxygens (including phenoxy) is 2. The van der Waals surface area contributed by atoms with E-state index >= 15 is 0 Å². The second kappa shape index (κ2) is 11.1. The molecule has 2 aromatic rings. The maximum atomic E-state index is 12.9. The van der Waals surface area contributed by atoms with Gasteiger partial charge in [0, 0.05) is 35.4 Å². The first kappa shape index (κ1) is 25.9. The first-order chi connectivity index (χ1) is 16.7. The van der Waals surface area contributed by atoms with Crippen molar-refractivity contribution in [3.63, 3.8) is 0 Å². The van der Waals surface area contributed by atoms with Crippen LogP contribution in [-0.2, 0) is 20.1 Å². The Kier molecular flexibility index (Phi) is 8.23. The molecule has 1 aliphatic rings. The van der Waals surface area contributed by atoms with Gasteiger partial charge in [-0.2, -0.15) is 0 Å². The molecule has 10 nitrogen and oxygen atoms in total. The number of methoxy groups -OCH3 is 1. The van der Waals surface area contributed by atoms with Crippen LogP contribution >= 0.6 is 11.8 Å². The highest BCUT2D eigenvalue weighted by Gasteiger charge is 2.46. The largest absolute Gasteiger partial charge is 0.497 e. The number of rotatable bonds is 8. The number of benzene rings is 2. The van der Waals surface area contributed by atoms with Crippen molar-refractivity contribution in [3.05, 3.63) is 63.7 Å². The van der Waals surface area contributed by atoms with E-state index in [-0.39, 0.29) is 18.0 Å². The number of esters is 1. The van der Waals surface area contributed by atoms with Crippen LogP contribution in [0.2, 0.25) is 0 Å². The van der Waals surface area contributed by atoms with Gasteiger partial charge in [0.25, 0.3) is 5.69 Å². The molecule has 2 aromatic carbocycles. The Bertz CT molecular complexity index is 1180. The van der Waals surface area contributed by atoms with E-state index in [4.69, 9.17) is 9.47 Å². The van der Waals surface area contributed by atoms with E-state index in [9.17, 15) is 24.5 Å². The number of nitro groups is 1. The van der Waals surface area contributed by atoms with Crippen molar-refractivity contribution in [1.82, 2.24) is 4.90 Å². The summed E-state index contributed by atoms with van der Waals surface area (Å²) in [5, 5.41) is 11.6. The zero-order valence-corrected chi connectivity index (χ0v) is 20.5. The quantitative estimate of drug-likeness (QED) is 0.224. The molecule has 0 saturated carbocycles. The summed E-state index contributed by atoms with van der Waals surface area (Å²) in [4.78, 5) is 54.5. The molecule has 3 rings (SSSR count). The lowest BCUT2D eigenvalue weighted by molar-refractivity contribution is -0.385. The number of hydrogen-bond acceptors (Lipinski definition) is 8. The van der Waals surface area contributed by atoms with Crippen molar-refractivity contribution in [2.45, 2.75) is 37.5 Å². The number of nitrogens with zero attached hydrogens (tertiary/aromatic N) is 3. The van der Waals surface area contributed by atoms with Gasteiger partial charge in [0.2, 0.25) is 5.91 Å². The summed E-state index contributed by atoms with van der Waals surface area (Å²) in [6, 6.07) is 9.66. The summed E-state index contributed by atoms with van der Waals surface area (Å²) in [6.07, 6.45) is 0. The molecule has 0 N–H and O–H groups in total. The zero-order chi connectivity index (χ0) is 25.7. The standard InChI is InChI=1S/C24H25N3O7S/c1-5-34-23(29)21-14(2)25-24(30)26(15(3)28)22(21)19-12-17(27(31)32)8-11-20(19)35-13-16-6-9-18(33-4)10-7-16/h6-12,21-22H,5,13H2,1-4H3. The molecule has 0 spiro atoms. The van der Waals surface area contributed by atoms with E-state index < -0.39 is 34.8 Å². The molecule has 3 amide bonds. The van der Waals surface area contributed by atoms with Crippen molar-refractivity contribution >= 4 is 41.1 Å². The third kappa shape index (κ3) is 5.68. The van der Waals surface area contributed by atoms with Gasteiger partial charge in [-0.05, 0) is 43.2 Å². The van der Waals surface area contributed by atoms with E-state index in [1.54, 1.807) is 20.1 Å². The van der Waals surface area contributed by atoms with Crippen LogP contribution in [0.5, 0.6) is 5.75 Å². The molecule has 11 heteroatoms. The van der Waals surface area contributed by atoms with Crippen molar-refractivity contribution < 1.29 is 28.8 Å². The number of non-ortho nitro benzene ring substituents is 1. The third-order valence-corrected chi connectivity index (χ3v) is 6.64. The van der Waals surface area contributed by atoms with E-state index in [0.717, 1.165) is 10.5 Å². The molecule has 1 aliphatic heterocycles. The molecule has 0 aliphatic carbocycles. The Morgan fingerprint density at radius 2 is 1.89 bits per heavy atom. The van der Waals surface area contributed by atoms with Gasteiger partial charge in [0.05, 0.1) is 24.7 Å². The van der Waals surface area contributed by atoms with Gasteiger partial charge in [0.15, 0.2) is 0 Å². The van der Waals surface area contributed by atoms with Crippen molar-refractivity contribution in [2.24, 2.45) is 10.9 Å². The Labute approximate surface area is 206 Å². The van der Waals surface area contributed by atoms with Crippen LogP contribution < -0.4 is 4.74 Å². The van der Waals surface area contributed by atoms with Gasteiger partial charge in [-0.15, -0.1) is 11.8 Å². The maximum absolute atomic E-state index is 12.9. The number of urea groups is 1. The Balaban J connectivity index is 2.12. The van der Waals surface area contributed by atoms with Crippen LogP contribution in [0.15, 0.2) is 52.4 Å². The van der Waals surface area contributed by atoms with Gasteiger partial charge in [-0.25, -0.2) is 9.79 Å². The molecule has 184 valence electrons. The number of aliphatic imine (C=N–C) groups is 1. The van der Waals surface area contributed by atoms with Crippen molar-refractivity contribution in [2.75, 3.05) is 13.7 Å².